The van der Waals surface area contributed by atoms with Crippen LogP contribution in [-0.2, 0) is 4.79 Å². The van der Waals surface area contributed by atoms with Gasteiger partial charge in [-0.2, -0.15) is 0 Å². The number of benzene rings is 3. The van der Waals surface area contributed by atoms with Crippen molar-refractivity contribution < 1.29 is 13.6 Å². The Morgan fingerprint density at radius 2 is 1.63 bits per heavy atom. The lowest BCUT2D eigenvalue weighted by Crippen LogP contribution is -2.32. The monoisotopic (exact) mass is 601 g/mol. The predicted octanol–water partition coefficient (Wildman–Crippen LogP) is 8.89. The lowest BCUT2D eigenvalue weighted by Gasteiger charge is -2.07. The summed E-state index contributed by atoms with van der Waals surface area (Å²) in [5.41, 5.74) is 3.22. The maximum atomic E-state index is 12.4. The largest absolute Gasteiger partial charge is 0.457 e. The summed E-state index contributed by atoms with van der Waals surface area (Å²) < 4.78 is 11.6. The Balaban J connectivity index is 1.21. The Morgan fingerprint density at radius 1 is 0.842 bits per heavy atom. The number of rotatable bonds is 5. The maximum absolute atomic E-state index is 12.4. The molecule has 38 heavy (non-hydrogen) atoms. The molecule has 2 N–H and O–H groups in total. The highest BCUT2D eigenvalue weighted by atomic mass is 35.5. The number of carbonyl (C=O) groups excluding carboxylic acids is 1. The van der Waals surface area contributed by atoms with E-state index in [0.717, 1.165) is 5.56 Å². The van der Waals surface area contributed by atoms with Gasteiger partial charge in [0.05, 0.1) is 10.0 Å². The van der Waals surface area contributed by atoms with E-state index in [2.05, 4.69) is 15.6 Å². The van der Waals surface area contributed by atoms with Crippen molar-refractivity contribution in [2.75, 3.05) is 5.32 Å². The Kier molecular flexibility index (Phi) is 7.74. The highest BCUT2D eigenvalue weighted by molar-refractivity contribution is 7.80. The fourth-order valence-corrected chi connectivity index (χ4v) is 4.57. The van der Waals surface area contributed by atoms with Crippen LogP contribution in [0.5, 0.6) is 0 Å². The van der Waals surface area contributed by atoms with Crippen molar-refractivity contribution in [3.63, 3.8) is 0 Å². The van der Waals surface area contributed by atoms with Crippen molar-refractivity contribution in [2.45, 2.75) is 0 Å². The van der Waals surface area contributed by atoms with E-state index in [9.17, 15) is 4.79 Å². The molecule has 1 amide bonds. The van der Waals surface area contributed by atoms with E-state index in [4.69, 9.17) is 67.5 Å². The summed E-state index contributed by atoms with van der Waals surface area (Å²) in [7, 11) is 0. The Bertz CT molecular complexity index is 1710. The number of fused-ring (bicyclic) bond motifs is 1. The number of oxazole rings is 1. The first-order valence-electron chi connectivity index (χ1n) is 11.0. The van der Waals surface area contributed by atoms with Gasteiger partial charge in [0.2, 0.25) is 11.8 Å². The normalized spacial score (nSPS) is 11.3. The number of thiocarbonyl (C=S) groups is 1. The summed E-state index contributed by atoms with van der Waals surface area (Å²) in [5.74, 6) is 1.00. The number of halogens is 4. The van der Waals surface area contributed by atoms with Crippen LogP contribution < -0.4 is 10.6 Å². The van der Waals surface area contributed by atoms with Gasteiger partial charge < -0.3 is 14.2 Å². The molecule has 0 unspecified atom stereocenters. The zero-order valence-corrected chi connectivity index (χ0v) is 22.9. The number of nitrogens with zero attached hydrogens (tertiary/aromatic N) is 1. The van der Waals surface area contributed by atoms with Gasteiger partial charge in [-0.05, 0) is 85.0 Å². The number of furan rings is 1. The van der Waals surface area contributed by atoms with Crippen LogP contribution >= 0.6 is 58.6 Å². The molecule has 0 fully saturated rings. The average molecular weight is 603 g/mol. The third-order valence-electron chi connectivity index (χ3n) is 5.22. The lowest BCUT2D eigenvalue weighted by atomic mass is 10.2. The summed E-state index contributed by atoms with van der Waals surface area (Å²) >= 11 is 29.5. The van der Waals surface area contributed by atoms with Crippen molar-refractivity contribution in [2.24, 2.45) is 0 Å². The highest BCUT2D eigenvalue weighted by Crippen LogP contribution is 2.31. The number of carbonyl (C=O) groups is 1. The maximum Gasteiger partial charge on any atom is 0.250 e. The third kappa shape index (κ3) is 6.20. The average Bonchev–Trinajstić information content (AvgIpc) is 3.51. The molecule has 11 heteroatoms. The summed E-state index contributed by atoms with van der Waals surface area (Å²) in [4.78, 5) is 16.9. The van der Waals surface area contributed by atoms with Crippen LogP contribution in [0.3, 0.4) is 0 Å². The van der Waals surface area contributed by atoms with Crippen LogP contribution in [-0.4, -0.2) is 16.0 Å². The van der Waals surface area contributed by atoms with Gasteiger partial charge in [-0.3, -0.25) is 10.1 Å². The number of aromatic nitrogens is 1. The van der Waals surface area contributed by atoms with Gasteiger partial charge in [0, 0.05) is 32.9 Å². The summed E-state index contributed by atoms with van der Waals surface area (Å²) in [6.45, 7) is 0. The third-order valence-corrected chi connectivity index (χ3v) is 6.60. The molecule has 0 aliphatic rings. The second-order valence-corrected chi connectivity index (χ2v) is 10.1. The fraction of sp³-hybridized carbons (Fsp3) is 0. The van der Waals surface area contributed by atoms with Gasteiger partial charge in [0.25, 0.3) is 0 Å². The van der Waals surface area contributed by atoms with Crippen LogP contribution in [0, 0.1) is 0 Å². The zero-order chi connectivity index (χ0) is 26.8. The molecule has 2 heterocycles. The van der Waals surface area contributed by atoms with Gasteiger partial charge in [-0.1, -0.05) is 46.4 Å². The molecule has 0 atom stereocenters. The molecule has 2 aromatic heterocycles. The smallest absolute Gasteiger partial charge is 0.250 e. The molecule has 0 bridgehead atoms. The van der Waals surface area contributed by atoms with E-state index in [1.807, 2.05) is 0 Å². The van der Waals surface area contributed by atoms with E-state index in [0.29, 0.717) is 59.9 Å². The molecule has 190 valence electrons. The van der Waals surface area contributed by atoms with Gasteiger partial charge >= 0.3 is 0 Å². The van der Waals surface area contributed by atoms with E-state index >= 15 is 0 Å². The molecule has 0 saturated heterocycles. The summed E-state index contributed by atoms with van der Waals surface area (Å²) in [6.07, 6.45) is 2.84. The second kappa shape index (κ2) is 11.2. The molecule has 5 aromatic rings. The molecular weight excluding hydrogens is 588 g/mol. The number of hydrogen-bond acceptors (Lipinski definition) is 5. The fourth-order valence-electron chi connectivity index (χ4n) is 3.53. The first-order chi connectivity index (χ1) is 18.2. The van der Waals surface area contributed by atoms with Crippen molar-refractivity contribution in [1.29, 1.82) is 0 Å². The van der Waals surface area contributed by atoms with Gasteiger partial charge in [-0.15, -0.1) is 0 Å². The Labute approximate surface area is 242 Å². The topological polar surface area (TPSA) is 80.3 Å². The van der Waals surface area contributed by atoms with E-state index in [1.165, 1.54) is 12.2 Å². The molecular formula is C27H15Cl4N3O3S. The molecule has 0 radical (unpaired) electrons. The van der Waals surface area contributed by atoms with E-state index in [-0.39, 0.29) is 5.11 Å². The van der Waals surface area contributed by atoms with Crippen LogP contribution in [0.4, 0.5) is 5.69 Å². The lowest BCUT2D eigenvalue weighted by molar-refractivity contribution is -0.115. The quantitative estimate of drug-likeness (QED) is 0.154. The van der Waals surface area contributed by atoms with Crippen molar-refractivity contribution >= 4 is 92.5 Å². The Morgan fingerprint density at radius 3 is 2.39 bits per heavy atom. The zero-order valence-electron chi connectivity index (χ0n) is 19.1. The molecule has 5 rings (SSSR count). The van der Waals surface area contributed by atoms with Crippen molar-refractivity contribution in [3.8, 4) is 22.8 Å². The SMILES string of the molecule is O=C(/C=C/c1ccc(-c2cc(Cl)cc(Cl)c2)o1)NC(=S)Nc1ccc2oc(-c3ccc(Cl)c(Cl)c3)nc2c1. The van der Waals surface area contributed by atoms with Crippen molar-refractivity contribution in [1.82, 2.24) is 10.3 Å². The predicted molar refractivity (Wildman–Crippen MR) is 157 cm³/mol. The highest BCUT2D eigenvalue weighted by Gasteiger charge is 2.12. The van der Waals surface area contributed by atoms with Crippen LogP contribution in [0.2, 0.25) is 20.1 Å². The first kappa shape index (κ1) is 26.3. The van der Waals surface area contributed by atoms with Gasteiger partial charge in [0.15, 0.2) is 10.7 Å². The van der Waals surface area contributed by atoms with Gasteiger partial charge in [0.1, 0.15) is 17.0 Å². The Hall–Kier alpha value is -3.33. The number of nitrogens with one attached hydrogen (secondary N) is 2. The minimum Gasteiger partial charge on any atom is -0.457 e. The molecule has 0 aliphatic carbocycles. The van der Waals surface area contributed by atoms with E-state index in [1.54, 1.807) is 66.7 Å². The standard InChI is InChI=1S/C27H15Cl4N3O3S/c28-16-9-15(10-17(29)12-16)23-7-3-19(36-23)4-8-25(35)34-27(38)32-18-2-6-24-22(13-18)33-26(37-24)14-1-5-20(30)21(31)11-14/h1-13H,(H2,32,34,35,38)/b8-4+. The first-order valence-corrected chi connectivity index (χ1v) is 12.9. The summed E-state index contributed by atoms with van der Waals surface area (Å²) in [6, 6.07) is 19.0. The van der Waals surface area contributed by atoms with Crippen molar-refractivity contribution in [3.05, 3.63) is 98.7 Å². The van der Waals surface area contributed by atoms with Gasteiger partial charge in [-0.25, -0.2) is 4.98 Å². The van der Waals surface area contributed by atoms with Crippen LogP contribution in [0.15, 0.2) is 81.6 Å². The number of hydrogen-bond donors (Lipinski definition) is 2. The second-order valence-electron chi connectivity index (χ2n) is 7.97. The van der Waals surface area contributed by atoms with Crippen LogP contribution in [0.1, 0.15) is 5.76 Å². The number of amides is 1. The molecule has 0 aliphatic heterocycles. The van der Waals surface area contributed by atoms with Crippen LogP contribution in [0.25, 0.3) is 40.0 Å². The number of anilines is 1. The summed E-state index contributed by atoms with van der Waals surface area (Å²) in [5, 5.41) is 7.51. The molecule has 0 saturated carbocycles. The molecule has 0 spiro atoms. The molecule has 6 nitrogen and oxygen atoms in total. The molecule has 3 aromatic carbocycles. The minimum atomic E-state index is -0.435. The minimum absolute atomic E-state index is 0.112. The van der Waals surface area contributed by atoms with E-state index < -0.39 is 5.91 Å².